The zero-order valence-corrected chi connectivity index (χ0v) is 10.1. The minimum atomic E-state index is -4.32. The van der Waals surface area contributed by atoms with Crippen LogP contribution in [0.25, 0.3) is 0 Å². The highest BCUT2D eigenvalue weighted by molar-refractivity contribution is 5.37. The highest BCUT2D eigenvalue weighted by Gasteiger charge is 2.28. The van der Waals surface area contributed by atoms with E-state index in [0.29, 0.717) is 12.4 Å². The number of anilines is 1. The Morgan fingerprint density at radius 3 is 2.35 bits per heavy atom. The molecule has 0 radical (unpaired) electrons. The maximum Gasteiger partial charge on any atom is 0.422 e. The summed E-state index contributed by atoms with van der Waals surface area (Å²) in [5, 5.41) is 2.92. The Kier molecular flexibility index (Phi) is 7.09. The van der Waals surface area contributed by atoms with Crippen LogP contribution in [0.3, 0.4) is 0 Å². The van der Waals surface area contributed by atoms with E-state index in [-0.39, 0.29) is 5.75 Å². The van der Waals surface area contributed by atoms with Crippen LogP contribution in [0, 0.1) is 0 Å². The second-order valence-corrected chi connectivity index (χ2v) is 2.81. The summed E-state index contributed by atoms with van der Waals surface area (Å²) in [6, 6.07) is 3.01. The van der Waals surface area contributed by atoms with Crippen LogP contribution in [-0.4, -0.2) is 24.3 Å². The molecule has 0 aromatic carbocycles. The molecule has 0 aliphatic rings. The second kappa shape index (κ2) is 7.76. The summed E-state index contributed by atoms with van der Waals surface area (Å²) in [5.74, 6) is 0.714. The Bertz CT molecular complexity index is 299. The fraction of sp³-hybridized carbons (Fsp3) is 0.545. The average molecular weight is 250 g/mol. The van der Waals surface area contributed by atoms with Crippen molar-refractivity contribution in [3.8, 4) is 5.75 Å². The van der Waals surface area contributed by atoms with Crippen LogP contribution in [0.15, 0.2) is 18.3 Å². The summed E-state index contributed by atoms with van der Waals surface area (Å²) in [6.07, 6.45) is -3.07. The van der Waals surface area contributed by atoms with E-state index in [1.54, 1.807) is 6.07 Å². The Morgan fingerprint density at radius 1 is 1.29 bits per heavy atom. The first-order valence-corrected chi connectivity index (χ1v) is 5.41. The molecule has 0 atom stereocenters. The van der Waals surface area contributed by atoms with Crippen molar-refractivity contribution in [3.05, 3.63) is 18.3 Å². The Labute approximate surface area is 99.0 Å². The highest BCUT2D eigenvalue weighted by Crippen LogP contribution is 2.18. The van der Waals surface area contributed by atoms with Gasteiger partial charge in [-0.15, -0.1) is 0 Å². The molecule has 6 heteroatoms. The molecule has 1 N–H and O–H groups in total. The number of rotatable bonds is 4. The number of hydrogen-bond donors (Lipinski definition) is 1. The third-order valence-corrected chi connectivity index (χ3v) is 1.50. The summed E-state index contributed by atoms with van der Waals surface area (Å²) < 4.78 is 39.8. The number of aromatic nitrogens is 1. The lowest BCUT2D eigenvalue weighted by atomic mass is 10.4. The molecular formula is C11H17F3N2O. The van der Waals surface area contributed by atoms with Gasteiger partial charge in [0.1, 0.15) is 11.6 Å². The van der Waals surface area contributed by atoms with Crippen molar-refractivity contribution in [2.45, 2.75) is 26.9 Å². The molecule has 0 amide bonds. The van der Waals surface area contributed by atoms with E-state index in [4.69, 9.17) is 0 Å². The van der Waals surface area contributed by atoms with Gasteiger partial charge >= 0.3 is 6.18 Å². The number of nitrogens with one attached hydrogen (secondary N) is 1. The molecule has 1 rings (SSSR count). The summed E-state index contributed by atoms with van der Waals surface area (Å²) in [5.41, 5.74) is 0. The van der Waals surface area contributed by atoms with Crippen LogP contribution >= 0.6 is 0 Å². The first-order valence-electron chi connectivity index (χ1n) is 5.41. The van der Waals surface area contributed by atoms with Crippen molar-refractivity contribution in [2.75, 3.05) is 18.5 Å². The number of halogens is 3. The van der Waals surface area contributed by atoms with Crippen molar-refractivity contribution in [2.24, 2.45) is 0 Å². The fourth-order valence-electron chi connectivity index (χ4n) is 0.917. The molecule has 0 aliphatic carbocycles. The van der Waals surface area contributed by atoms with Crippen LogP contribution in [0.5, 0.6) is 5.75 Å². The molecule has 98 valence electrons. The Balaban J connectivity index is 0.00000121. The molecule has 0 spiro atoms. The van der Waals surface area contributed by atoms with Gasteiger partial charge in [-0.25, -0.2) is 4.98 Å². The molecule has 3 nitrogen and oxygen atoms in total. The van der Waals surface area contributed by atoms with Gasteiger partial charge in [-0.2, -0.15) is 13.2 Å². The molecule has 17 heavy (non-hydrogen) atoms. The van der Waals surface area contributed by atoms with Crippen LogP contribution in [0.2, 0.25) is 0 Å². The number of alkyl halides is 3. The van der Waals surface area contributed by atoms with Gasteiger partial charge in [0.25, 0.3) is 0 Å². The molecule has 1 aromatic rings. The first kappa shape index (κ1) is 15.5. The maximum absolute atomic E-state index is 11.8. The highest BCUT2D eigenvalue weighted by atomic mass is 19.4. The lowest BCUT2D eigenvalue weighted by molar-refractivity contribution is -0.153. The first-order chi connectivity index (χ1) is 8.01. The maximum atomic E-state index is 11.8. The van der Waals surface area contributed by atoms with Crippen LogP contribution in [0.1, 0.15) is 20.8 Å². The molecule has 1 heterocycles. The molecule has 0 bridgehead atoms. The van der Waals surface area contributed by atoms with Crippen molar-refractivity contribution < 1.29 is 17.9 Å². The Hall–Kier alpha value is -1.46. The second-order valence-electron chi connectivity index (χ2n) is 2.81. The van der Waals surface area contributed by atoms with Gasteiger partial charge < -0.3 is 10.1 Å². The molecule has 0 saturated heterocycles. The number of hydrogen-bond acceptors (Lipinski definition) is 3. The normalized spacial score (nSPS) is 10.2. The van der Waals surface area contributed by atoms with Gasteiger partial charge in [-0.1, -0.05) is 13.8 Å². The third kappa shape index (κ3) is 7.43. The number of nitrogens with zero attached hydrogens (tertiary/aromatic N) is 1. The van der Waals surface area contributed by atoms with Gasteiger partial charge in [0, 0.05) is 6.54 Å². The summed E-state index contributed by atoms with van der Waals surface area (Å²) in [7, 11) is 0. The van der Waals surface area contributed by atoms with Crippen LogP contribution in [0.4, 0.5) is 19.0 Å². The SMILES string of the molecule is CC.CCNc1ccc(OCC(F)(F)F)cn1. The van der Waals surface area contributed by atoms with E-state index in [1.807, 2.05) is 20.8 Å². The van der Waals surface area contributed by atoms with E-state index in [1.165, 1.54) is 12.3 Å². The lowest BCUT2D eigenvalue weighted by Crippen LogP contribution is -2.19. The van der Waals surface area contributed by atoms with E-state index >= 15 is 0 Å². The van der Waals surface area contributed by atoms with Gasteiger partial charge in [-0.05, 0) is 19.1 Å². The van der Waals surface area contributed by atoms with Gasteiger partial charge in [0.05, 0.1) is 6.20 Å². The van der Waals surface area contributed by atoms with E-state index < -0.39 is 12.8 Å². The topological polar surface area (TPSA) is 34.1 Å². The smallest absolute Gasteiger partial charge is 0.422 e. The zero-order valence-electron chi connectivity index (χ0n) is 10.1. The van der Waals surface area contributed by atoms with E-state index in [9.17, 15) is 13.2 Å². The summed E-state index contributed by atoms with van der Waals surface area (Å²) in [4.78, 5) is 3.87. The molecule has 1 aromatic heterocycles. The summed E-state index contributed by atoms with van der Waals surface area (Å²) in [6.45, 7) is 5.31. The van der Waals surface area contributed by atoms with E-state index in [2.05, 4.69) is 15.0 Å². The van der Waals surface area contributed by atoms with Crippen molar-refractivity contribution in [3.63, 3.8) is 0 Å². The molecule has 0 fully saturated rings. The largest absolute Gasteiger partial charge is 0.483 e. The van der Waals surface area contributed by atoms with E-state index in [0.717, 1.165) is 0 Å². The molecule has 0 aliphatic heterocycles. The minimum absolute atomic E-state index is 0.106. The lowest BCUT2D eigenvalue weighted by Gasteiger charge is -2.09. The standard InChI is InChI=1S/C9H11F3N2O.C2H6/c1-2-13-8-4-3-7(5-14-8)15-6-9(10,11)12;1-2/h3-5H,2,6H2,1H3,(H,13,14);1-2H3. The summed E-state index contributed by atoms with van der Waals surface area (Å²) >= 11 is 0. The fourth-order valence-corrected chi connectivity index (χ4v) is 0.917. The predicted octanol–water partition coefficient (Wildman–Crippen LogP) is 3.48. The van der Waals surface area contributed by atoms with Crippen molar-refractivity contribution >= 4 is 5.82 Å². The van der Waals surface area contributed by atoms with Gasteiger partial charge in [-0.3, -0.25) is 0 Å². The third-order valence-electron chi connectivity index (χ3n) is 1.50. The molecule has 0 saturated carbocycles. The molecular weight excluding hydrogens is 233 g/mol. The van der Waals surface area contributed by atoms with Gasteiger partial charge in [0.15, 0.2) is 6.61 Å². The Morgan fingerprint density at radius 2 is 1.94 bits per heavy atom. The predicted molar refractivity (Wildman–Crippen MR) is 61.3 cm³/mol. The van der Waals surface area contributed by atoms with Gasteiger partial charge in [0.2, 0.25) is 0 Å². The monoisotopic (exact) mass is 250 g/mol. The average Bonchev–Trinajstić information content (AvgIpc) is 2.30. The van der Waals surface area contributed by atoms with Crippen molar-refractivity contribution in [1.29, 1.82) is 0 Å². The van der Waals surface area contributed by atoms with Crippen LogP contribution < -0.4 is 10.1 Å². The van der Waals surface area contributed by atoms with Crippen molar-refractivity contribution in [1.82, 2.24) is 4.98 Å². The molecule has 0 unspecified atom stereocenters. The minimum Gasteiger partial charge on any atom is -0.483 e. The zero-order chi connectivity index (χ0) is 13.3. The number of pyridine rings is 1. The van der Waals surface area contributed by atoms with Crippen LogP contribution in [-0.2, 0) is 0 Å². The number of ether oxygens (including phenoxy) is 1. The quantitative estimate of drug-likeness (QED) is 0.888.